The van der Waals surface area contributed by atoms with E-state index >= 15 is 0 Å². The van der Waals surface area contributed by atoms with Gasteiger partial charge in [-0.1, -0.05) is 29.8 Å². The summed E-state index contributed by atoms with van der Waals surface area (Å²) in [4.78, 5) is 11.1. The number of carboxylic acid groups (broad SMARTS) is 1. The fourth-order valence-electron chi connectivity index (χ4n) is 4.17. The number of nitrogens with one attached hydrogen (secondary N) is 1. The third-order valence-corrected chi connectivity index (χ3v) is 5.52. The number of fused-ring (bicyclic) bond motifs is 3. The van der Waals surface area contributed by atoms with Gasteiger partial charge in [0.2, 0.25) is 0 Å². The minimum Gasteiger partial charge on any atom is -0.478 e. The SMILES string of the molecule is Cc1ccc2c(c1)[C@@H]1OC(CO)CC[C@@H]1[C@@H](c1ccc(C(=O)O)cc1)N2. The Balaban J connectivity index is 1.72. The molecule has 0 radical (unpaired) electrons. The molecule has 2 aliphatic heterocycles. The molecule has 4 atom stereocenters. The molecule has 0 saturated carbocycles. The van der Waals surface area contributed by atoms with E-state index in [0.717, 1.165) is 29.7 Å². The van der Waals surface area contributed by atoms with E-state index in [2.05, 4.69) is 30.4 Å². The highest BCUT2D eigenvalue weighted by atomic mass is 16.5. The van der Waals surface area contributed by atoms with E-state index in [1.165, 1.54) is 5.56 Å². The van der Waals surface area contributed by atoms with Crippen molar-refractivity contribution in [2.24, 2.45) is 5.92 Å². The number of rotatable bonds is 3. The van der Waals surface area contributed by atoms with Gasteiger partial charge in [-0.15, -0.1) is 0 Å². The van der Waals surface area contributed by atoms with Crippen molar-refractivity contribution in [1.29, 1.82) is 0 Å². The van der Waals surface area contributed by atoms with Crippen LogP contribution in [0.1, 0.15) is 52.0 Å². The molecule has 0 aromatic heterocycles. The summed E-state index contributed by atoms with van der Waals surface area (Å²) >= 11 is 0. The molecule has 5 nitrogen and oxygen atoms in total. The van der Waals surface area contributed by atoms with Crippen LogP contribution < -0.4 is 5.32 Å². The van der Waals surface area contributed by atoms with E-state index in [0.29, 0.717) is 0 Å². The molecular weight excluding hydrogens is 330 g/mol. The molecule has 2 aromatic carbocycles. The van der Waals surface area contributed by atoms with Crippen LogP contribution in [0.2, 0.25) is 0 Å². The number of aliphatic hydroxyl groups excluding tert-OH is 1. The molecule has 3 N–H and O–H groups in total. The summed E-state index contributed by atoms with van der Waals surface area (Å²) < 4.78 is 6.25. The Morgan fingerprint density at radius 2 is 1.96 bits per heavy atom. The Labute approximate surface area is 152 Å². The molecule has 0 amide bonds. The molecule has 1 fully saturated rings. The van der Waals surface area contributed by atoms with Gasteiger partial charge in [0.05, 0.1) is 30.4 Å². The van der Waals surface area contributed by atoms with Crippen molar-refractivity contribution in [3.05, 3.63) is 64.7 Å². The molecule has 5 heteroatoms. The van der Waals surface area contributed by atoms with Crippen LogP contribution in [0.4, 0.5) is 5.69 Å². The van der Waals surface area contributed by atoms with Crippen molar-refractivity contribution in [3.8, 4) is 0 Å². The maximum absolute atomic E-state index is 11.1. The minimum atomic E-state index is -0.918. The number of hydrogen-bond donors (Lipinski definition) is 3. The van der Waals surface area contributed by atoms with Crippen molar-refractivity contribution < 1.29 is 19.7 Å². The molecule has 26 heavy (non-hydrogen) atoms. The van der Waals surface area contributed by atoms with Crippen LogP contribution in [0.25, 0.3) is 0 Å². The van der Waals surface area contributed by atoms with Crippen LogP contribution in [-0.4, -0.2) is 28.9 Å². The van der Waals surface area contributed by atoms with Gasteiger partial charge in [0, 0.05) is 17.2 Å². The second-order valence-corrected chi connectivity index (χ2v) is 7.24. The van der Waals surface area contributed by atoms with Crippen LogP contribution in [0.15, 0.2) is 42.5 Å². The fraction of sp³-hybridized carbons (Fsp3) is 0.381. The van der Waals surface area contributed by atoms with Crippen molar-refractivity contribution in [1.82, 2.24) is 0 Å². The standard InChI is InChI=1S/C21H23NO4/c1-12-2-9-18-17(10-12)20-16(8-7-15(11-23)26-20)19(22-18)13-3-5-14(6-4-13)21(24)25/h2-6,9-10,15-16,19-20,22-23H,7-8,11H2,1H3,(H,24,25)/t15?,16-,19-,20-/m1/s1. The van der Waals surface area contributed by atoms with Gasteiger partial charge in [-0.3, -0.25) is 0 Å². The first-order valence-corrected chi connectivity index (χ1v) is 9.03. The lowest BCUT2D eigenvalue weighted by Gasteiger charge is -2.45. The van der Waals surface area contributed by atoms with Crippen LogP contribution >= 0.6 is 0 Å². The molecule has 1 unspecified atom stereocenters. The number of carboxylic acids is 1. The summed E-state index contributed by atoms with van der Waals surface area (Å²) in [6.07, 6.45) is 1.57. The van der Waals surface area contributed by atoms with Crippen LogP contribution in [0, 0.1) is 12.8 Å². The topological polar surface area (TPSA) is 78.8 Å². The molecule has 136 valence electrons. The first-order valence-electron chi connectivity index (χ1n) is 9.03. The Kier molecular flexibility index (Phi) is 4.42. The molecular formula is C21H23NO4. The average molecular weight is 353 g/mol. The lowest BCUT2D eigenvalue weighted by Crippen LogP contribution is -2.40. The van der Waals surface area contributed by atoms with E-state index in [-0.39, 0.29) is 36.3 Å². The summed E-state index contributed by atoms with van der Waals surface area (Å²) in [5.74, 6) is -0.679. The average Bonchev–Trinajstić information content (AvgIpc) is 2.67. The van der Waals surface area contributed by atoms with Gasteiger partial charge >= 0.3 is 5.97 Å². The zero-order valence-corrected chi connectivity index (χ0v) is 14.7. The zero-order chi connectivity index (χ0) is 18.3. The lowest BCUT2D eigenvalue weighted by molar-refractivity contribution is -0.110. The number of carbonyl (C=O) groups is 1. The third-order valence-electron chi connectivity index (χ3n) is 5.52. The van der Waals surface area contributed by atoms with E-state index in [1.807, 2.05) is 12.1 Å². The lowest BCUT2D eigenvalue weighted by atomic mass is 9.76. The molecule has 0 spiro atoms. The number of benzene rings is 2. The first-order chi connectivity index (χ1) is 12.6. The Morgan fingerprint density at radius 1 is 1.19 bits per heavy atom. The number of aryl methyl sites for hydroxylation is 1. The first kappa shape index (κ1) is 17.1. The second-order valence-electron chi connectivity index (χ2n) is 7.24. The molecule has 2 aromatic rings. The summed E-state index contributed by atoms with van der Waals surface area (Å²) in [5.41, 5.74) is 4.72. The molecule has 0 bridgehead atoms. The van der Waals surface area contributed by atoms with Crippen molar-refractivity contribution >= 4 is 11.7 Å². The number of aromatic carboxylic acids is 1. The van der Waals surface area contributed by atoms with E-state index in [1.54, 1.807) is 12.1 Å². The van der Waals surface area contributed by atoms with Gasteiger partial charge in [-0.05, 0) is 43.5 Å². The van der Waals surface area contributed by atoms with Gasteiger partial charge < -0.3 is 20.3 Å². The highest BCUT2D eigenvalue weighted by molar-refractivity contribution is 5.87. The third kappa shape index (κ3) is 2.97. The van der Waals surface area contributed by atoms with E-state index < -0.39 is 5.97 Å². The number of anilines is 1. The molecule has 4 rings (SSSR count). The predicted octanol–water partition coefficient (Wildman–Crippen LogP) is 3.69. The van der Waals surface area contributed by atoms with Gasteiger partial charge in [-0.25, -0.2) is 4.79 Å². The summed E-state index contributed by atoms with van der Waals surface area (Å²) in [6.45, 7) is 2.11. The Hall–Kier alpha value is -2.37. The number of hydrogen-bond acceptors (Lipinski definition) is 4. The largest absolute Gasteiger partial charge is 0.478 e. The molecule has 0 aliphatic carbocycles. The second kappa shape index (κ2) is 6.74. The maximum atomic E-state index is 11.1. The quantitative estimate of drug-likeness (QED) is 0.784. The van der Waals surface area contributed by atoms with Crippen molar-refractivity contribution in [2.45, 2.75) is 38.0 Å². The number of aliphatic hydroxyl groups is 1. The van der Waals surface area contributed by atoms with Gasteiger partial charge in [0.25, 0.3) is 0 Å². The fourth-order valence-corrected chi connectivity index (χ4v) is 4.17. The molecule has 2 aliphatic rings. The van der Waals surface area contributed by atoms with Crippen LogP contribution in [-0.2, 0) is 4.74 Å². The monoisotopic (exact) mass is 353 g/mol. The van der Waals surface area contributed by atoms with Crippen LogP contribution in [0.5, 0.6) is 0 Å². The summed E-state index contributed by atoms with van der Waals surface area (Å²) in [7, 11) is 0. The predicted molar refractivity (Wildman–Crippen MR) is 98.4 cm³/mol. The van der Waals surface area contributed by atoms with Gasteiger partial charge in [-0.2, -0.15) is 0 Å². The van der Waals surface area contributed by atoms with E-state index in [9.17, 15) is 9.90 Å². The van der Waals surface area contributed by atoms with Gasteiger partial charge in [0.15, 0.2) is 0 Å². The van der Waals surface area contributed by atoms with E-state index in [4.69, 9.17) is 9.84 Å². The normalized spacial score (nSPS) is 27.2. The Bertz CT molecular complexity index is 817. The summed E-state index contributed by atoms with van der Waals surface area (Å²) in [6, 6.07) is 13.4. The highest BCUT2D eigenvalue weighted by Gasteiger charge is 2.42. The Morgan fingerprint density at radius 3 is 2.65 bits per heavy atom. The zero-order valence-electron chi connectivity index (χ0n) is 14.7. The highest BCUT2D eigenvalue weighted by Crippen LogP contribution is 2.50. The maximum Gasteiger partial charge on any atom is 0.335 e. The minimum absolute atomic E-state index is 0.0375. The van der Waals surface area contributed by atoms with Crippen molar-refractivity contribution in [3.63, 3.8) is 0 Å². The number of ether oxygens (including phenoxy) is 1. The summed E-state index contributed by atoms with van der Waals surface area (Å²) in [5, 5.41) is 22.3. The van der Waals surface area contributed by atoms with Crippen molar-refractivity contribution in [2.75, 3.05) is 11.9 Å². The molecule has 1 saturated heterocycles. The molecule has 2 heterocycles. The van der Waals surface area contributed by atoms with Crippen LogP contribution in [0.3, 0.4) is 0 Å². The van der Waals surface area contributed by atoms with Gasteiger partial charge in [0.1, 0.15) is 0 Å². The smallest absolute Gasteiger partial charge is 0.335 e.